The molecule has 0 bridgehead atoms. The Hall–Kier alpha value is -3.17. The molecule has 2 fully saturated rings. The summed E-state index contributed by atoms with van der Waals surface area (Å²) < 4.78 is 84.4. The molecule has 1 aliphatic carbocycles. The molecule has 2 heterocycles. The van der Waals surface area contributed by atoms with E-state index in [9.17, 15) is 13.2 Å². The molecule has 1 saturated heterocycles. The van der Waals surface area contributed by atoms with Gasteiger partial charge in [0.1, 0.15) is 29.7 Å². The highest BCUT2D eigenvalue weighted by Crippen LogP contribution is 2.44. The topological polar surface area (TPSA) is 33.7 Å². The molecule has 42 heavy (non-hydrogen) atoms. The number of hydrogen-bond acceptors (Lipinski definition) is 4. The second-order valence-corrected chi connectivity index (χ2v) is 11.9. The van der Waals surface area contributed by atoms with E-state index in [-0.39, 0.29) is 23.8 Å². The zero-order valence-electron chi connectivity index (χ0n) is 23.4. The number of fused-ring (bicyclic) bond motifs is 1. The minimum absolute atomic E-state index is 0.00532. The first-order chi connectivity index (χ1) is 20.2. The smallest absolute Gasteiger partial charge is 0.401 e. The molecule has 1 N–H and O–H groups in total. The van der Waals surface area contributed by atoms with Crippen LogP contribution in [-0.2, 0) is 13.0 Å². The van der Waals surface area contributed by atoms with Crippen LogP contribution in [0.2, 0.25) is 0 Å². The molecule has 0 amide bonds. The second-order valence-electron chi connectivity index (χ2n) is 11.9. The number of rotatable bonds is 7. The highest BCUT2D eigenvalue weighted by atomic mass is 19.4. The van der Waals surface area contributed by atoms with Crippen molar-refractivity contribution in [2.24, 2.45) is 5.41 Å². The van der Waals surface area contributed by atoms with Crippen molar-refractivity contribution in [2.75, 3.05) is 26.2 Å². The summed E-state index contributed by atoms with van der Waals surface area (Å²) >= 11 is 0. The lowest BCUT2D eigenvalue weighted by Crippen LogP contribution is -2.42. The molecule has 3 aliphatic rings. The molecule has 4 nitrogen and oxygen atoms in total. The van der Waals surface area contributed by atoms with E-state index in [0.717, 1.165) is 67.8 Å². The average molecular weight is 587 g/mol. The largest absolute Gasteiger partial charge is 0.490 e. The average Bonchev–Trinajstić information content (AvgIpc) is 3.39. The van der Waals surface area contributed by atoms with Gasteiger partial charge >= 0.3 is 6.18 Å². The standard InChI is InChI=1S/C33H35F5N2O2/c34-28-16-26(42-25-7-4-11-32(18-25)12-13-39-20-32)17-29(35)30(28)31-27-9-8-24(41-19-22-5-2-1-3-6-22)15-23(27)10-14-40(31)21-33(36,37)38/h1-3,5-6,8-9,15-17,25,31,39H,4,7,10-14,18-21H2. The van der Waals surface area contributed by atoms with E-state index in [1.807, 2.05) is 30.3 Å². The first-order valence-corrected chi connectivity index (χ1v) is 14.6. The van der Waals surface area contributed by atoms with Crippen LogP contribution in [-0.4, -0.2) is 43.4 Å². The first kappa shape index (κ1) is 28.9. The molecule has 224 valence electrons. The molecule has 3 aromatic rings. The van der Waals surface area contributed by atoms with Crippen molar-refractivity contribution < 1.29 is 31.4 Å². The molecule has 0 radical (unpaired) electrons. The monoisotopic (exact) mass is 586 g/mol. The van der Waals surface area contributed by atoms with Crippen LogP contribution >= 0.6 is 0 Å². The predicted molar refractivity (Wildman–Crippen MR) is 150 cm³/mol. The summed E-state index contributed by atoms with van der Waals surface area (Å²) in [5, 5.41) is 3.41. The zero-order chi connectivity index (χ0) is 29.3. The van der Waals surface area contributed by atoms with Crippen LogP contribution < -0.4 is 14.8 Å². The van der Waals surface area contributed by atoms with Crippen LogP contribution in [0, 0.1) is 17.0 Å². The summed E-state index contributed by atoms with van der Waals surface area (Å²) in [4.78, 5) is 1.10. The summed E-state index contributed by atoms with van der Waals surface area (Å²) in [6, 6.07) is 15.6. The Labute approximate surface area is 242 Å². The first-order valence-electron chi connectivity index (χ1n) is 14.6. The van der Waals surface area contributed by atoms with E-state index >= 15 is 8.78 Å². The van der Waals surface area contributed by atoms with E-state index in [2.05, 4.69) is 5.32 Å². The molecule has 6 rings (SSSR count). The Morgan fingerprint density at radius 3 is 2.45 bits per heavy atom. The third-order valence-electron chi connectivity index (χ3n) is 8.93. The fourth-order valence-electron chi connectivity index (χ4n) is 6.98. The van der Waals surface area contributed by atoms with Crippen molar-refractivity contribution in [1.82, 2.24) is 10.2 Å². The Bertz CT molecular complexity index is 1370. The molecule has 3 atom stereocenters. The minimum atomic E-state index is -4.53. The maximum absolute atomic E-state index is 15.8. The van der Waals surface area contributed by atoms with Gasteiger partial charge in [-0.3, -0.25) is 4.90 Å². The molecule has 0 aromatic heterocycles. The molecule has 3 aromatic carbocycles. The third-order valence-corrected chi connectivity index (χ3v) is 8.93. The molecular weight excluding hydrogens is 551 g/mol. The number of halogens is 5. The Morgan fingerprint density at radius 1 is 0.952 bits per heavy atom. The van der Waals surface area contributed by atoms with E-state index < -0.39 is 36.0 Å². The van der Waals surface area contributed by atoms with Crippen molar-refractivity contribution in [3.8, 4) is 11.5 Å². The van der Waals surface area contributed by atoms with Gasteiger partial charge in [-0.1, -0.05) is 36.4 Å². The van der Waals surface area contributed by atoms with Crippen molar-refractivity contribution in [3.05, 3.63) is 94.6 Å². The molecule has 9 heteroatoms. The van der Waals surface area contributed by atoms with Gasteiger partial charge in [-0.25, -0.2) is 8.78 Å². The number of benzene rings is 3. The van der Waals surface area contributed by atoms with Crippen molar-refractivity contribution in [3.63, 3.8) is 0 Å². The van der Waals surface area contributed by atoms with Crippen LogP contribution in [0.4, 0.5) is 22.0 Å². The fourth-order valence-corrected chi connectivity index (χ4v) is 6.98. The van der Waals surface area contributed by atoms with Gasteiger partial charge in [0, 0.05) is 30.8 Å². The van der Waals surface area contributed by atoms with E-state index in [1.165, 1.54) is 0 Å². The number of nitrogens with zero attached hydrogens (tertiary/aromatic N) is 1. The quantitative estimate of drug-likeness (QED) is 0.294. The highest BCUT2D eigenvalue weighted by Gasteiger charge is 2.41. The van der Waals surface area contributed by atoms with Crippen molar-refractivity contribution >= 4 is 0 Å². The SMILES string of the molecule is Fc1cc(OC2CCCC3(CCNC3)C2)cc(F)c1C1c2ccc(OCc3ccccc3)cc2CCN1CC(F)(F)F. The summed E-state index contributed by atoms with van der Waals surface area (Å²) in [6.07, 6.45) is 0.378. The minimum Gasteiger partial charge on any atom is -0.490 e. The number of alkyl halides is 3. The molecule has 1 spiro atoms. The summed E-state index contributed by atoms with van der Waals surface area (Å²) in [7, 11) is 0. The molecule has 3 unspecified atom stereocenters. The van der Waals surface area contributed by atoms with Crippen LogP contribution in [0.15, 0.2) is 60.7 Å². The molecule has 1 saturated carbocycles. The summed E-state index contributed by atoms with van der Waals surface area (Å²) in [6.45, 7) is 0.923. The maximum Gasteiger partial charge on any atom is 0.401 e. The van der Waals surface area contributed by atoms with E-state index in [0.29, 0.717) is 29.9 Å². The van der Waals surface area contributed by atoms with Crippen molar-refractivity contribution in [1.29, 1.82) is 0 Å². The van der Waals surface area contributed by atoms with Crippen LogP contribution in [0.3, 0.4) is 0 Å². The lowest BCUT2D eigenvalue weighted by molar-refractivity contribution is -0.150. The van der Waals surface area contributed by atoms with Gasteiger partial charge in [0.25, 0.3) is 0 Å². The van der Waals surface area contributed by atoms with E-state index in [1.54, 1.807) is 18.2 Å². The van der Waals surface area contributed by atoms with Gasteiger partial charge in [0.15, 0.2) is 0 Å². The predicted octanol–water partition coefficient (Wildman–Crippen LogP) is 7.35. The Morgan fingerprint density at radius 2 is 1.74 bits per heavy atom. The van der Waals surface area contributed by atoms with Gasteiger partial charge in [0.05, 0.1) is 18.7 Å². The number of ether oxygens (including phenoxy) is 2. The lowest BCUT2D eigenvalue weighted by Gasteiger charge is -2.39. The van der Waals surface area contributed by atoms with Gasteiger partial charge in [-0.2, -0.15) is 13.2 Å². The normalized spacial score (nSPS) is 24.5. The maximum atomic E-state index is 15.8. The summed E-state index contributed by atoms with van der Waals surface area (Å²) in [5.74, 6) is -1.20. The van der Waals surface area contributed by atoms with Crippen LogP contribution in [0.25, 0.3) is 0 Å². The highest BCUT2D eigenvalue weighted by molar-refractivity contribution is 5.46. The lowest BCUT2D eigenvalue weighted by atomic mass is 9.72. The number of nitrogens with one attached hydrogen (secondary N) is 1. The van der Waals surface area contributed by atoms with E-state index in [4.69, 9.17) is 9.47 Å². The fraction of sp³-hybridized carbons (Fsp3) is 0.455. The third kappa shape index (κ3) is 6.42. The zero-order valence-corrected chi connectivity index (χ0v) is 23.4. The number of hydrogen-bond donors (Lipinski definition) is 1. The molecule has 2 aliphatic heterocycles. The van der Waals surface area contributed by atoms with Gasteiger partial charge in [-0.15, -0.1) is 0 Å². The Balaban J connectivity index is 1.27. The van der Waals surface area contributed by atoms with Crippen LogP contribution in [0.1, 0.15) is 60.4 Å². The van der Waals surface area contributed by atoms with Gasteiger partial charge < -0.3 is 14.8 Å². The van der Waals surface area contributed by atoms with Crippen molar-refractivity contribution in [2.45, 2.75) is 63.5 Å². The second kappa shape index (κ2) is 11.8. The van der Waals surface area contributed by atoms with Gasteiger partial charge in [-0.05, 0) is 79.3 Å². The van der Waals surface area contributed by atoms with Gasteiger partial charge in [0.2, 0.25) is 0 Å². The summed E-state index contributed by atoms with van der Waals surface area (Å²) in [5.41, 5.74) is 1.88. The van der Waals surface area contributed by atoms with Crippen LogP contribution in [0.5, 0.6) is 11.5 Å². The molecular formula is C33H35F5N2O2. The Kier molecular flexibility index (Phi) is 8.16.